The summed E-state index contributed by atoms with van der Waals surface area (Å²) in [6.45, 7) is 5.99. The zero-order valence-corrected chi connectivity index (χ0v) is 31.5. The van der Waals surface area contributed by atoms with Crippen LogP contribution in [0.2, 0.25) is 0 Å². The van der Waals surface area contributed by atoms with Crippen molar-refractivity contribution < 1.29 is 43.0 Å². The molecule has 3 aliphatic rings. The second-order valence-electron chi connectivity index (χ2n) is 13.6. The third-order valence-electron chi connectivity index (χ3n) is 9.77. The van der Waals surface area contributed by atoms with Crippen LogP contribution in [0.1, 0.15) is 50.2 Å². The number of hydrogen-bond acceptors (Lipinski definition) is 10. The zero-order valence-electron chi connectivity index (χ0n) is 31.5. The topological polar surface area (TPSA) is 167 Å². The van der Waals surface area contributed by atoms with Crippen LogP contribution < -0.4 is 19.7 Å². The molecule has 296 valence electrons. The molecule has 0 radical (unpaired) electrons. The number of nitro benzene ring substituents is 1. The summed E-state index contributed by atoms with van der Waals surface area (Å²) in [5, 5.41) is 13.6. The Morgan fingerprint density at radius 1 is 0.759 bits per heavy atom. The number of rotatable bonds is 17. The van der Waals surface area contributed by atoms with Crippen LogP contribution in [-0.2, 0) is 25.6 Å². The molecule has 1 fully saturated rings. The second-order valence-corrected chi connectivity index (χ2v) is 13.6. The molecule has 4 amide bonds. The molecule has 0 spiro atoms. The van der Waals surface area contributed by atoms with Crippen molar-refractivity contribution in [1.82, 2.24) is 10.2 Å². The van der Waals surface area contributed by atoms with Crippen molar-refractivity contribution in [1.29, 1.82) is 0 Å². The lowest BCUT2D eigenvalue weighted by molar-refractivity contribution is -0.384. The minimum atomic E-state index is -0.871. The average Bonchev–Trinajstić information content (AvgIpc) is 3.63. The molecular weight excluding hydrogens is 745 g/mol. The van der Waals surface area contributed by atoms with Gasteiger partial charge in [0.2, 0.25) is 5.91 Å². The Balaban J connectivity index is 0.791. The Kier molecular flexibility index (Phi) is 12.2. The first-order chi connectivity index (χ1) is 28.2. The van der Waals surface area contributed by atoms with Gasteiger partial charge in [-0.15, -0.1) is 0 Å². The summed E-state index contributed by atoms with van der Waals surface area (Å²) >= 11 is 0. The number of hydrogen-bond donors (Lipinski definition) is 1. The predicted molar refractivity (Wildman–Crippen MR) is 214 cm³/mol. The molecule has 58 heavy (non-hydrogen) atoms. The summed E-state index contributed by atoms with van der Waals surface area (Å²) in [6, 6.07) is 25.2. The van der Waals surface area contributed by atoms with Crippen LogP contribution in [0.3, 0.4) is 0 Å². The van der Waals surface area contributed by atoms with E-state index in [1.165, 1.54) is 24.3 Å². The highest BCUT2D eigenvalue weighted by Crippen LogP contribution is 2.38. The Labute approximate surface area is 334 Å². The van der Waals surface area contributed by atoms with Crippen molar-refractivity contribution in [3.8, 4) is 11.5 Å². The lowest BCUT2D eigenvalue weighted by Gasteiger charge is -2.29. The molecule has 0 aromatic heterocycles. The van der Waals surface area contributed by atoms with Crippen molar-refractivity contribution in [2.45, 2.75) is 25.4 Å². The number of nitro groups is 1. The van der Waals surface area contributed by atoms with E-state index < -0.39 is 28.7 Å². The predicted octanol–water partition coefficient (Wildman–Crippen LogP) is 6.12. The van der Waals surface area contributed by atoms with Crippen LogP contribution in [0.15, 0.2) is 115 Å². The second kappa shape index (κ2) is 17.9. The van der Waals surface area contributed by atoms with E-state index in [1.54, 1.807) is 41.3 Å². The number of carbonyl (C=O) groups excluding carboxylic acids is 4. The van der Waals surface area contributed by atoms with Gasteiger partial charge in [0.25, 0.3) is 23.4 Å². The van der Waals surface area contributed by atoms with Crippen molar-refractivity contribution in [3.05, 3.63) is 153 Å². The van der Waals surface area contributed by atoms with Crippen LogP contribution in [0, 0.1) is 10.1 Å². The number of imide groups is 1. The maximum Gasteiger partial charge on any atom is 0.269 e. The number of benzene rings is 4. The largest absolute Gasteiger partial charge is 0.491 e. The van der Waals surface area contributed by atoms with Crippen molar-refractivity contribution in [2.75, 3.05) is 44.5 Å². The summed E-state index contributed by atoms with van der Waals surface area (Å²) in [4.78, 5) is 65.2. The van der Waals surface area contributed by atoms with Gasteiger partial charge < -0.3 is 29.2 Å². The van der Waals surface area contributed by atoms with E-state index in [1.807, 2.05) is 48.5 Å². The number of piperidine rings is 1. The molecule has 7 rings (SSSR count). The molecule has 0 aliphatic carbocycles. The van der Waals surface area contributed by atoms with Crippen LogP contribution in [0.5, 0.6) is 11.5 Å². The first kappa shape index (κ1) is 39.3. The number of non-ortho nitro benzene ring substituents is 1. The summed E-state index contributed by atoms with van der Waals surface area (Å²) in [5.74, 6) is -0.467. The average molecular weight is 785 g/mol. The molecule has 14 nitrogen and oxygen atoms in total. The van der Waals surface area contributed by atoms with E-state index in [0.29, 0.717) is 68.6 Å². The maximum absolute atomic E-state index is 13.5. The molecule has 1 unspecified atom stereocenters. The molecule has 4 aromatic carbocycles. The monoisotopic (exact) mass is 784 g/mol. The van der Waals surface area contributed by atoms with E-state index in [0.717, 1.165) is 27.3 Å². The molecule has 0 saturated carbocycles. The highest BCUT2D eigenvalue weighted by molar-refractivity contribution is 6.32. The molecule has 4 aromatic rings. The fourth-order valence-electron chi connectivity index (χ4n) is 6.84. The van der Waals surface area contributed by atoms with E-state index in [-0.39, 0.29) is 35.9 Å². The van der Waals surface area contributed by atoms with E-state index in [4.69, 9.17) is 18.9 Å². The van der Waals surface area contributed by atoms with E-state index in [2.05, 4.69) is 11.9 Å². The number of carbonyl (C=O) groups is 4. The van der Waals surface area contributed by atoms with Gasteiger partial charge in [0.05, 0.1) is 54.7 Å². The third-order valence-corrected chi connectivity index (χ3v) is 9.77. The van der Waals surface area contributed by atoms with E-state index in [9.17, 15) is 29.3 Å². The van der Waals surface area contributed by atoms with Gasteiger partial charge in [-0.25, -0.2) is 0 Å². The normalized spacial score (nSPS) is 16.9. The number of amides is 4. The molecule has 3 aliphatic heterocycles. The number of anilines is 1. The van der Waals surface area contributed by atoms with Gasteiger partial charge in [-0.1, -0.05) is 49.1 Å². The van der Waals surface area contributed by atoms with Crippen molar-refractivity contribution in [3.63, 3.8) is 0 Å². The van der Waals surface area contributed by atoms with Gasteiger partial charge in [-0.2, -0.15) is 0 Å². The molecular formula is C44H40N4O10. The van der Waals surface area contributed by atoms with Crippen LogP contribution in [0.4, 0.5) is 11.4 Å². The molecule has 1 saturated heterocycles. The van der Waals surface area contributed by atoms with Gasteiger partial charge >= 0.3 is 0 Å². The zero-order chi connectivity index (χ0) is 40.6. The third kappa shape index (κ3) is 8.88. The maximum atomic E-state index is 13.5. The quantitative estimate of drug-likeness (QED) is 0.0434. The first-order valence-corrected chi connectivity index (χ1v) is 18.7. The molecule has 14 heteroatoms. The number of allylic oxidation sites excluding steroid dienone is 3. The Morgan fingerprint density at radius 2 is 1.41 bits per heavy atom. The van der Waals surface area contributed by atoms with Crippen LogP contribution >= 0.6 is 0 Å². The van der Waals surface area contributed by atoms with Crippen molar-refractivity contribution >= 4 is 46.7 Å². The van der Waals surface area contributed by atoms with Gasteiger partial charge in [0.1, 0.15) is 30.8 Å². The molecule has 1 atom stereocenters. The molecule has 3 heterocycles. The minimum Gasteiger partial charge on any atom is -0.491 e. The van der Waals surface area contributed by atoms with E-state index >= 15 is 0 Å². The number of nitrogens with zero attached hydrogens (tertiary/aromatic N) is 3. The summed E-state index contributed by atoms with van der Waals surface area (Å²) in [7, 11) is 0. The highest BCUT2D eigenvalue weighted by atomic mass is 16.6. The lowest BCUT2D eigenvalue weighted by atomic mass is 10.0. The highest BCUT2D eigenvalue weighted by Gasteiger charge is 2.44. The number of ether oxygens (including phenoxy) is 4. The summed E-state index contributed by atoms with van der Waals surface area (Å²) < 4.78 is 22.8. The SMILES string of the molecule is C=C1CCC(N2C(=O)c3ccc(OCCOCCOCCOc4ccc(CN5C(=O)/C(=C/C=C/c6ccc([N+](=O)[O-])cc6)c6ccccc65)cc4)cc3C2=O)C(=O)N1. The molecule has 1 N–H and O–H groups in total. The fourth-order valence-corrected chi connectivity index (χ4v) is 6.84. The fraction of sp³-hybridized carbons (Fsp3) is 0.227. The number of nitrogens with one attached hydrogen (secondary N) is 1. The van der Waals surface area contributed by atoms with Crippen molar-refractivity contribution in [2.24, 2.45) is 0 Å². The first-order valence-electron chi connectivity index (χ1n) is 18.7. The smallest absolute Gasteiger partial charge is 0.269 e. The van der Waals surface area contributed by atoms with Gasteiger partial charge in [0.15, 0.2) is 0 Å². The number of para-hydroxylation sites is 1. The number of fused-ring (bicyclic) bond motifs is 2. The van der Waals surface area contributed by atoms with Gasteiger partial charge in [0, 0.05) is 29.0 Å². The van der Waals surface area contributed by atoms with Gasteiger partial charge in [-0.05, 0) is 78.6 Å². The van der Waals surface area contributed by atoms with Crippen LogP contribution in [0.25, 0.3) is 11.6 Å². The minimum absolute atomic E-state index is 0.0185. The summed E-state index contributed by atoms with van der Waals surface area (Å²) in [6.07, 6.45) is 6.17. The Hall–Kier alpha value is -6.90. The lowest BCUT2D eigenvalue weighted by Crippen LogP contribution is -2.51. The Bertz CT molecular complexity index is 2300. The summed E-state index contributed by atoms with van der Waals surface area (Å²) in [5.41, 5.74) is 4.96. The Morgan fingerprint density at radius 3 is 2.12 bits per heavy atom. The standard InChI is InChI=1S/C44H40N4O10/c1-29-9-20-40(41(49)45-29)47-43(51)37-19-18-34(27-38(37)44(47)52)58-26-24-56-22-21-55-23-25-57-33-16-12-31(13-17-33)28-46-39-8-3-2-6-35(39)36(42(46)50)7-4-5-30-10-14-32(15-11-30)48(53)54/h2-8,10-19,27,40H,1,9,20-26,28H2,(H,45,49)/b5-4+,36-7+. The van der Waals surface area contributed by atoms with Gasteiger partial charge in [-0.3, -0.25) is 34.2 Å². The van der Waals surface area contributed by atoms with Crippen LogP contribution in [-0.4, -0.2) is 79.1 Å². The molecule has 0 bridgehead atoms.